The highest BCUT2D eigenvalue weighted by molar-refractivity contribution is 4.67. The molecule has 0 aromatic rings. The van der Waals surface area contributed by atoms with Crippen LogP contribution < -0.4 is 0 Å². The molecule has 14 heavy (non-hydrogen) atoms. The quantitative estimate of drug-likeness (QED) is 0.608. The Morgan fingerprint density at radius 2 is 2.29 bits per heavy atom. The van der Waals surface area contributed by atoms with Crippen LogP contribution in [0, 0.1) is 0 Å². The highest BCUT2D eigenvalue weighted by Gasteiger charge is 2.15. The maximum Gasteiger partial charge on any atom is 0.0674 e. The number of nitrogens with zero attached hydrogens (tertiary/aromatic N) is 1. The first kappa shape index (κ1) is 12.0. The molecule has 84 valence electrons. The van der Waals surface area contributed by atoms with Gasteiger partial charge in [-0.2, -0.15) is 0 Å². The molecular formula is C11H23NO2. The van der Waals surface area contributed by atoms with Crippen molar-refractivity contribution in [1.29, 1.82) is 0 Å². The second-order valence-electron chi connectivity index (χ2n) is 3.95. The fourth-order valence-electron chi connectivity index (χ4n) is 1.73. The summed E-state index contributed by atoms with van der Waals surface area (Å²) in [5.74, 6) is 0. The molecule has 1 rings (SSSR count). The number of ether oxygens (including phenoxy) is 2. The second kappa shape index (κ2) is 7.21. The van der Waals surface area contributed by atoms with Crippen LogP contribution in [0.4, 0.5) is 0 Å². The molecule has 1 aliphatic rings. The van der Waals surface area contributed by atoms with Gasteiger partial charge in [0.1, 0.15) is 0 Å². The molecule has 1 atom stereocenters. The molecule has 0 aromatic heterocycles. The number of hydrogen-bond acceptors (Lipinski definition) is 3. The molecule has 0 aliphatic carbocycles. The number of morpholine rings is 1. The molecule has 1 saturated heterocycles. The minimum Gasteiger partial charge on any atom is -0.381 e. The highest BCUT2D eigenvalue weighted by Crippen LogP contribution is 2.04. The summed E-state index contributed by atoms with van der Waals surface area (Å²) in [6, 6.07) is 0. The van der Waals surface area contributed by atoms with Crippen LogP contribution >= 0.6 is 0 Å². The van der Waals surface area contributed by atoms with Crippen LogP contribution in [0.15, 0.2) is 0 Å². The van der Waals surface area contributed by atoms with Gasteiger partial charge in [0.2, 0.25) is 0 Å². The van der Waals surface area contributed by atoms with Gasteiger partial charge in [-0.05, 0) is 19.8 Å². The number of rotatable bonds is 6. The normalized spacial score (nSPS) is 24.0. The van der Waals surface area contributed by atoms with Gasteiger partial charge in [-0.25, -0.2) is 0 Å². The van der Waals surface area contributed by atoms with Gasteiger partial charge < -0.3 is 9.47 Å². The van der Waals surface area contributed by atoms with E-state index in [-0.39, 0.29) is 0 Å². The summed E-state index contributed by atoms with van der Waals surface area (Å²) >= 11 is 0. The second-order valence-corrected chi connectivity index (χ2v) is 3.95. The van der Waals surface area contributed by atoms with Crippen LogP contribution in [0.5, 0.6) is 0 Å². The first-order valence-electron chi connectivity index (χ1n) is 5.74. The van der Waals surface area contributed by atoms with Gasteiger partial charge in [-0.1, -0.05) is 6.92 Å². The molecule has 0 amide bonds. The Bertz CT molecular complexity index is 141. The van der Waals surface area contributed by atoms with Gasteiger partial charge in [0.25, 0.3) is 0 Å². The van der Waals surface area contributed by atoms with Crippen molar-refractivity contribution >= 4 is 0 Å². The minimum atomic E-state index is 0.403. The fourth-order valence-corrected chi connectivity index (χ4v) is 1.73. The van der Waals surface area contributed by atoms with Crippen LogP contribution in [0.1, 0.15) is 26.7 Å². The van der Waals surface area contributed by atoms with Crippen molar-refractivity contribution in [3.05, 3.63) is 0 Å². The van der Waals surface area contributed by atoms with E-state index in [0.717, 1.165) is 52.3 Å². The van der Waals surface area contributed by atoms with E-state index < -0.39 is 0 Å². The standard InChI is InChI=1S/C11H23NO2/c1-3-7-13-8-4-5-12-6-9-14-11(2)10-12/h11H,3-10H2,1-2H3/t11-/m1/s1. The molecule has 3 heteroatoms. The Morgan fingerprint density at radius 3 is 3.00 bits per heavy atom. The molecule has 0 bridgehead atoms. The maximum absolute atomic E-state index is 5.48. The Kier molecular flexibility index (Phi) is 6.15. The first-order chi connectivity index (χ1) is 6.83. The van der Waals surface area contributed by atoms with Gasteiger partial charge in [0.05, 0.1) is 12.7 Å². The third-order valence-corrected chi connectivity index (χ3v) is 2.44. The van der Waals surface area contributed by atoms with Crippen molar-refractivity contribution in [2.24, 2.45) is 0 Å². The van der Waals surface area contributed by atoms with Gasteiger partial charge in [0, 0.05) is 32.8 Å². The Morgan fingerprint density at radius 1 is 1.43 bits per heavy atom. The predicted octanol–water partition coefficient (Wildman–Crippen LogP) is 1.52. The van der Waals surface area contributed by atoms with E-state index in [2.05, 4.69) is 18.7 Å². The predicted molar refractivity (Wildman–Crippen MR) is 57.6 cm³/mol. The lowest BCUT2D eigenvalue weighted by molar-refractivity contribution is -0.0208. The fraction of sp³-hybridized carbons (Fsp3) is 1.00. The highest BCUT2D eigenvalue weighted by atomic mass is 16.5. The van der Waals surface area contributed by atoms with E-state index in [1.165, 1.54) is 0 Å². The van der Waals surface area contributed by atoms with Crippen LogP contribution in [-0.4, -0.2) is 50.5 Å². The van der Waals surface area contributed by atoms with Crippen molar-refractivity contribution < 1.29 is 9.47 Å². The average molecular weight is 201 g/mol. The molecule has 0 radical (unpaired) electrons. The molecule has 1 aliphatic heterocycles. The van der Waals surface area contributed by atoms with E-state index in [1.54, 1.807) is 0 Å². The van der Waals surface area contributed by atoms with Crippen LogP contribution in [0.3, 0.4) is 0 Å². The van der Waals surface area contributed by atoms with Crippen LogP contribution in [0.2, 0.25) is 0 Å². The lowest BCUT2D eigenvalue weighted by Gasteiger charge is -2.30. The molecule has 0 N–H and O–H groups in total. The monoisotopic (exact) mass is 201 g/mol. The molecule has 0 aromatic carbocycles. The molecule has 0 saturated carbocycles. The van der Waals surface area contributed by atoms with Crippen molar-refractivity contribution in [1.82, 2.24) is 4.90 Å². The van der Waals surface area contributed by atoms with E-state index in [1.807, 2.05) is 0 Å². The van der Waals surface area contributed by atoms with Crippen LogP contribution in [-0.2, 0) is 9.47 Å². The zero-order valence-electron chi connectivity index (χ0n) is 9.50. The van der Waals surface area contributed by atoms with E-state index in [9.17, 15) is 0 Å². The van der Waals surface area contributed by atoms with Crippen molar-refractivity contribution in [3.8, 4) is 0 Å². The SMILES string of the molecule is CCCOCCCN1CCO[C@H](C)C1. The van der Waals surface area contributed by atoms with Gasteiger partial charge in [0.15, 0.2) is 0 Å². The molecule has 3 nitrogen and oxygen atoms in total. The molecule has 0 spiro atoms. The van der Waals surface area contributed by atoms with Crippen LogP contribution in [0.25, 0.3) is 0 Å². The third kappa shape index (κ3) is 4.94. The van der Waals surface area contributed by atoms with Gasteiger partial charge in [-0.15, -0.1) is 0 Å². The summed E-state index contributed by atoms with van der Waals surface area (Å²) in [7, 11) is 0. The lowest BCUT2D eigenvalue weighted by atomic mass is 10.3. The smallest absolute Gasteiger partial charge is 0.0674 e. The lowest BCUT2D eigenvalue weighted by Crippen LogP contribution is -2.41. The van der Waals surface area contributed by atoms with Crippen molar-refractivity contribution in [2.75, 3.05) is 39.5 Å². The summed E-state index contributed by atoms with van der Waals surface area (Å²) in [6.07, 6.45) is 2.67. The molecule has 0 unspecified atom stereocenters. The van der Waals surface area contributed by atoms with Gasteiger partial charge in [-0.3, -0.25) is 4.90 Å². The summed E-state index contributed by atoms with van der Waals surface area (Å²) in [4.78, 5) is 2.46. The Balaban J connectivity index is 1.95. The van der Waals surface area contributed by atoms with Crippen molar-refractivity contribution in [2.45, 2.75) is 32.8 Å². The summed E-state index contributed by atoms with van der Waals surface area (Å²) < 4.78 is 10.9. The van der Waals surface area contributed by atoms with E-state index in [4.69, 9.17) is 9.47 Å². The Hall–Kier alpha value is -0.120. The first-order valence-corrected chi connectivity index (χ1v) is 5.74. The maximum atomic E-state index is 5.48. The average Bonchev–Trinajstić information content (AvgIpc) is 2.18. The number of hydrogen-bond donors (Lipinski definition) is 0. The third-order valence-electron chi connectivity index (χ3n) is 2.44. The minimum absolute atomic E-state index is 0.403. The zero-order valence-corrected chi connectivity index (χ0v) is 9.50. The molecule has 1 heterocycles. The summed E-state index contributed by atoms with van der Waals surface area (Å²) in [5, 5.41) is 0. The van der Waals surface area contributed by atoms with Crippen molar-refractivity contribution in [3.63, 3.8) is 0 Å². The van der Waals surface area contributed by atoms with Gasteiger partial charge >= 0.3 is 0 Å². The Labute approximate surface area is 87.4 Å². The zero-order chi connectivity index (χ0) is 10.2. The summed E-state index contributed by atoms with van der Waals surface area (Å²) in [5.41, 5.74) is 0. The van der Waals surface area contributed by atoms with E-state index in [0.29, 0.717) is 6.10 Å². The molecular weight excluding hydrogens is 178 g/mol. The topological polar surface area (TPSA) is 21.7 Å². The van der Waals surface area contributed by atoms with E-state index >= 15 is 0 Å². The molecule has 1 fully saturated rings. The summed E-state index contributed by atoms with van der Waals surface area (Å²) in [6.45, 7) is 10.3. The largest absolute Gasteiger partial charge is 0.381 e.